The van der Waals surface area contributed by atoms with Gasteiger partial charge in [-0.25, -0.2) is 0 Å². The molecule has 0 bridgehead atoms. The molecule has 0 fully saturated rings. The van der Waals surface area contributed by atoms with Crippen LogP contribution in [0.2, 0.25) is 0 Å². The van der Waals surface area contributed by atoms with Gasteiger partial charge >= 0.3 is 236 Å². The number of hydrogen-bond acceptors (Lipinski definition) is 0. The number of rotatable bonds is 6. The van der Waals surface area contributed by atoms with Crippen LogP contribution < -0.4 is 0 Å². The van der Waals surface area contributed by atoms with Crippen LogP contribution in [-0.2, 0) is 12.7 Å². The van der Waals surface area contributed by atoms with E-state index in [2.05, 4.69) is 117 Å². The molecule has 0 amide bonds. The molecule has 2 aromatic rings. The fourth-order valence-electron chi connectivity index (χ4n) is 6.96. The van der Waals surface area contributed by atoms with E-state index in [1.807, 2.05) is 0 Å². The molecule has 0 spiro atoms. The molecule has 0 aliphatic heterocycles. The van der Waals surface area contributed by atoms with Crippen molar-refractivity contribution in [1.82, 2.24) is 0 Å². The summed E-state index contributed by atoms with van der Waals surface area (Å²) in [6.45, 7) is 25.0. The Bertz CT molecular complexity index is 1280. The molecule has 0 N–H and O–H groups in total. The first-order chi connectivity index (χ1) is 17.1. The van der Waals surface area contributed by atoms with Gasteiger partial charge < -0.3 is 0 Å². The molecule has 0 heterocycles. The van der Waals surface area contributed by atoms with Crippen LogP contribution in [-0.4, -0.2) is 4.31 Å². The molecule has 2 atom stereocenters. The van der Waals surface area contributed by atoms with Crippen molar-refractivity contribution in [2.45, 2.75) is 108 Å². The standard InChI is InChI=1S/2C16H21.C2H4.2ClH.Ti/c2*1-10(2)13-8-14-6-12(5)7-16(14)15(9-13)11(3)4;1-2;;;/h2*6-11H,1-5H3;1H,2H3;2*1H;/q;;;;;+2/p-2. The molecule has 2 aromatic carbocycles. The van der Waals surface area contributed by atoms with Gasteiger partial charge in [-0.2, -0.15) is 0 Å². The number of halogens is 2. The summed E-state index contributed by atoms with van der Waals surface area (Å²) in [6.07, 6.45) is 4.80. The zero-order valence-corrected chi connectivity index (χ0v) is 27.8. The first-order valence-corrected chi connectivity index (χ1v) is 21.2. The Morgan fingerprint density at radius 3 is 1.24 bits per heavy atom. The second-order valence-corrected chi connectivity index (χ2v) is 27.3. The predicted molar refractivity (Wildman–Crippen MR) is 165 cm³/mol. The molecule has 3 heteroatoms. The van der Waals surface area contributed by atoms with Gasteiger partial charge in [-0.15, -0.1) is 0 Å². The Hall–Kier alpha value is -0.916. The van der Waals surface area contributed by atoms with E-state index in [0.29, 0.717) is 23.7 Å². The predicted octanol–water partition coefficient (Wildman–Crippen LogP) is 11.6. The van der Waals surface area contributed by atoms with Gasteiger partial charge in [0.05, 0.1) is 0 Å². The Labute approximate surface area is 234 Å². The number of fused-ring (bicyclic) bond motifs is 2. The average molecular weight is 574 g/mol. The second-order valence-electron chi connectivity index (χ2n) is 13.0. The maximum atomic E-state index is 8.18. The van der Waals surface area contributed by atoms with E-state index in [-0.39, 0.29) is 8.45 Å². The molecule has 0 saturated heterocycles. The zero-order valence-electron chi connectivity index (χ0n) is 24.8. The van der Waals surface area contributed by atoms with Crippen molar-refractivity contribution < 1.29 is 12.7 Å². The molecular weight excluding hydrogens is 527 g/mol. The van der Waals surface area contributed by atoms with Crippen LogP contribution in [0, 0.1) is 0 Å². The van der Waals surface area contributed by atoms with Crippen molar-refractivity contribution in [3.63, 3.8) is 0 Å². The van der Waals surface area contributed by atoms with Gasteiger partial charge in [0.2, 0.25) is 0 Å². The van der Waals surface area contributed by atoms with Crippen molar-refractivity contribution in [2.75, 3.05) is 0 Å². The topological polar surface area (TPSA) is 0 Å². The van der Waals surface area contributed by atoms with Crippen LogP contribution in [0.4, 0.5) is 0 Å². The van der Waals surface area contributed by atoms with Gasteiger partial charge in [-0.05, 0) is 0 Å². The van der Waals surface area contributed by atoms with E-state index in [4.69, 9.17) is 18.6 Å². The van der Waals surface area contributed by atoms with Crippen molar-refractivity contribution in [1.29, 1.82) is 0 Å². The molecular formula is C34H46Cl2Ti. The van der Waals surface area contributed by atoms with Crippen LogP contribution in [0.15, 0.2) is 35.4 Å². The Kier molecular flexibility index (Phi) is 7.80. The molecule has 0 radical (unpaired) electrons. The van der Waals surface area contributed by atoms with E-state index in [1.54, 1.807) is 0 Å². The van der Waals surface area contributed by atoms with Crippen LogP contribution in [0.3, 0.4) is 0 Å². The summed E-state index contributed by atoms with van der Waals surface area (Å²) in [7, 11) is 16.4. The summed E-state index contributed by atoms with van der Waals surface area (Å²) in [5, 5.41) is 0. The molecule has 2 unspecified atom stereocenters. The Balaban J connectivity index is 2.04. The Morgan fingerprint density at radius 1 is 0.622 bits per heavy atom. The third-order valence-electron chi connectivity index (χ3n) is 9.04. The summed E-state index contributed by atoms with van der Waals surface area (Å²) >= 11 is -4.48. The van der Waals surface area contributed by atoms with Gasteiger partial charge in [0.25, 0.3) is 0 Å². The SMILES string of the molecule is C[CH]=[Ti]([Cl])([Cl])([CH]1C(C)=Cc2c(C(C)C)cc(C(C)C)cc21)[CH]1C(C)=Cc2c(C(C)C)cc(C(C)C)cc21. The molecule has 200 valence electrons. The van der Waals surface area contributed by atoms with E-state index in [0.717, 1.165) is 0 Å². The number of hydrogen-bond donors (Lipinski definition) is 0. The first kappa shape index (κ1) is 29.1. The minimum atomic E-state index is -4.48. The van der Waals surface area contributed by atoms with Crippen LogP contribution in [0.25, 0.3) is 12.2 Å². The molecule has 0 nitrogen and oxygen atoms in total. The van der Waals surface area contributed by atoms with E-state index < -0.39 is 12.7 Å². The van der Waals surface area contributed by atoms with Crippen molar-refractivity contribution >= 4 is 35.1 Å². The summed E-state index contributed by atoms with van der Waals surface area (Å²) < 4.78 is 2.39. The van der Waals surface area contributed by atoms with Crippen LogP contribution in [0.5, 0.6) is 0 Å². The monoisotopic (exact) mass is 572 g/mol. The molecule has 0 aromatic heterocycles. The van der Waals surface area contributed by atoms with E-state index in [1.165, 1.54) is 55.7 Å². The molecule has 2 aliphatic rings. The quantitative estimate of drug-likeness (QED) is 0.302. The number of benzene rings is 2. The molecule has 0 saturated carbocycles. The van der Waals surface area contributed by atoms with Crippen molar-refractivity contribution in [3.05, 3.63) is 79.9 Å². The summed E-state index contributed by atoms with van der Waals surface area (Å²) in [5.41, 5.74) is 13.7. The van der Waals surface area contributed by atoms with Gasteiger partial charge in [0.15, 0.2) is 0 Å². The van der Waals surface area contributed by atoms with Crippen LogP contribution >= 0.6 is 18.6 Å². The zero-order chi connectivity index (χ0) is 27.6. The minimum absolute atomic E-state index is 0.0565. The van der Waals surface area contributed by atoms with Gasteiger partial charge in [-0.3, -0.25) is 0 Å². The van der Waals surface area contributed by atoms with Gasteiger partial charge in [0.1, 0.15) is 0 Å². The molecule has 37 heavy (non-hydrogen) atoms. The molecule has 4 rings (SSSR count). The summed E-state index contributed by atoms with van der Waals surface area (Å²) in [4.78, 5) is 0. The third-order valence-corrected chi connectivity index (χ3v) is 22.0. The Morgan fingerprint density at radius 2 is 0.973 bits per heavy atom. The molecule has 2 aliphatic carbocycles. The van der Waals surface area contributed by atoms with E-state index >= 15 is 0 Å². The van der Waals surface area contributed by atoms with Crippen molar-refractivity contribution in [3.8, 4) is 0 Å². The fraction of sp³-hybridized carbons (Fsp3) is 0.500. The normalized spacial score (nSPS) is 19.6. The van der Waals surface area contributed by atoms with Crippen molar-refractivity contribution in [2.24, 2.45) is 0 Å². The second kappa shape index (κ2) is 9.92. The van der Waals surface area contributed by atoms with Gasteiger partial charge in [0, 0.05) is 0 Å². The number of allylic oxidation sites excluding steroid dienone is 2. The first-order valence-electron chi connectivity index (χ1n) is 14.2. The summed E-state index contributed by atoms with van der Waals surface area (Å²) in [6, 6.07) is 9.69. The average Bonchev–Trinajstić information content (AvgIpc) is 3.33. The van der Waals surface area contributed by atoms with Crippen LogP contribution in [0.1, 0.15) is 153 Å². The maximum absolute atomic E-state index is 8.18. The summed E-state index contributed by atoms with van der Waals surface area (Å²) in [5.74, 6) is 1.80. The third kappa shape index (κ3) is 4.63. The van der Waals surface area contributed by atoms with E-state index in [9.17, 15) is 0 Å². The van der Waals surface area contributed by atoms with Gasteiger partial charge in [-0.1, -0.05) is 0 Å². The fourth-order valence-corrected chi connectivity index (χ4v) is 18.9.